The van der Waals surface area contributed by atoms with Crippen LogP contribution in [0.15, 0.2) is 34.1 Å². The minimum atomic E-state index is 0.162. The first-order valence-electron chi connectivity index (χ1n) is 6.23. The van der Waals surface area contributed by atoms with Gasteiger partial charge >= 0.3 is 0 Å². The lowest BCUT2D eigenvalue weighted by Gasteiger charge is -2.23. The fraction of sp³-hybridized carbons (Fsp3) is 0.357. The Kier molecular flexibility index (Phi) is 3.19. The van der Waals surface area contributed by atoms with Crippen molar-refractivity contribution in [1.29, 1.82) is 0 Å². The first-order chi connectivity index (χ1) is 8.83. The topological polar surface area (TPSA) is 42.2 Å². The molecule has 0 atom stereocenters. The molecule has 1 amide bonds. The van der Waals surface area contributed by atoms with Crippen LogP contribution in [0.3, 0.4) is 0 Å². The number of amides is 1. The molecular formula is C14H15NO2S. The van der Waals surface area contributed by atoms with E-state index in [2.05, 4.69) is 5.32 Å². The highest BCUT2D eigenvalue weighted by Gasteiger charge is 2.24. The monoisotopic (exact) mass is 261 g/mol. The minimum Gasteiger partial charge on any atom is -0.458 e. The molecule has 94 valence electrons. The standard InChI is InChI=1S/C14H15NO2S/c16-14(10-3-1-4-10)15-9-11-6-7-12(17-11)13-5-2-8-18-13/h2,5-8,10H,1,3-4,9H2,(H,15,16). The Balaban J connectivity index is 1.58. The molecule has 1 aliphatic carbocycles. The summed E-state index contributed by atoms with van der Waals surface area (Å²) in [4.78, 5) is 12.8. The maximum Gasteiger partial charge on any atom is 0.223 e. The fourth-order valence-corrected chi connectivity index (χ4v) is 2.70. The van der Waals surface area contributed by atoms with E-state index in [0.29, 0.717) is 6.54 Å². The van der Waals surface area contributed by atoms with Crippen molar-refractivity contribution in [3.05, 3.63) is 35.4 Å². The Morgan fingerprint density at radius 1 is 1.39 bits per heavy atom. The molecule has 1 aliphatic rings. The van der Waals surface area contributed by atoms with Crippen LogP contribution in [0.2, 0.25) is 0 Å². The quantitative estimate of drug-likeness (QED) is 0.916. The highest BCUT2D eigenvalue weighted by atomic mass is 32.1. The van der Waals surface area contributed by atoms with Crippen molar-refractivity contribution in [2.24, 2.45) is 5.92 Å². The molecule has 2 heterocycles. The smallest absolute Gasteiger partial charge is 0.223 e. The summed E-state index contributed by atoms with van der Waals surface area (Å²) in [6.07, 6.45) is 3.25. The number of carbonyl (C=O) groups is 1. The molecule has 0 unspecified atom stereocenters. The normalized spacial score (nSPS) is 15.3. The second-order valence-corrected chi connectivity index (χ2v) is 5.54. The molecule has 3 nitrogen and oxygen atoms in total. The summed E-state index contributed by atoms with van der Waals surface area (Å²) in [6.45, 7) is 0.487. The molecule has 0 radical (unpaired) electrons. The van der Waals surface area contributed by atoms with Crippen molar-refractivity contribution in [2.45, 2.75) is 25.8 Å². The molecule has 18 heavy (non-hydrogen) atoms. The second-order valence-electron chi connectivity index (χ2n) is 4.59. The van der Waals surface area contributed by atoms with Crippen molar-refractivity contribution in [2.75, 3.05) is 0 Å². The van der Waals surface area contributed by atoms with Crippen LogP contribution in [0.25, 0.3) is 10.6 Å². The molecule has 1 saturated carbocycles. The van der Waals surface area contributed by atoms with Gasteiger partial charge < -0.3 is 9.73 Å². The molecule has 0 aromatic carbocycles. The van der Waals surface area contributed by atoms with E-state index in [0.717, 1.165) is 29.2 Å². The van der Waals surface area contributed by atoms with E-state index in [1.807, 2.05) is 29.6 Å². The van der Waals surface area contributed by atoms with Gasteiger partial charge in [0, 0.05) is 5.92 Å². The molecule has 1 N–H and O–H groups in total. The lowest BCUT2D eigenvalue weighted by molar-refractivity contribution is -0.127. The summed E-state index contributed by atoms with van der Waals surface area (Å²) < 4.78 is 5.71. The van der Waals surface area contributed by atoms with Crippen LogP contribution >= 0.6 is 11.3 Å². The predicted molar refractivity (Wildman–Crippen MR) is 71.2 cm³/mol. The summed E-state index contributed by atoms with van der Waals surface area (Å²) in [5.74, 6) is 2.08. The Morgan fingerprint density at radius 3 is 2.94 bits per heavy atom. The molecule has 3 rings (SSSR count). The molecule has 1 fully saturated rings. The number of hydrogen-bond acceptors (Lipinski definition) is 3. The van der Waals surface area contributed by atoms with E-state index in [1.54, 1.807) is 11.3 Å². The molecule has 0 bridgehead atoms. The van der Waals surface area contributed by atoms with Gasteiger partial charge in [0.25, 0.3) is 0 Å². The summed E-state index contributed by atoms with van der Waals surface area (Å²) >= 11 is 1.65. The second kappa shape index (κ2) is 4.98. The zero-order chi connectivity index (χ0) is 12.4. The first-order valence-corrected chi connectivity index (χ1v) is 7.11. The van der Waals surface area contributed by atoms with Gasteiger partial charge in [0.05, 0.1) is 11.4 Å². The average Bonchev–Trinajstić information content (AvgIpc) is 2.94. The van der Waals surface area contributed by atoms with Crippen molar-refractivity contribution < 1.29 is 9.21 Å². The maximum atomic E-state index is 11.7. The highest BCUT2D eigenvalue weighted by molar-refractivity contribution is 7.13. The van der Waals surface area contributed by atoms with Gasteiger partial charge in [0.2, 0.25) is 5.91 Å². The third-order valence-corrected chi connectivity index (χ3v) is 4.22. The van der Waals surface area contributed by atoms with E-state index in [1.165, 1.54) is 6.42 Å². The Labute approximate surface area is 110 Å². The average molecular weight is 261 g/mol. The predicted octanol–water partition coefficient (Wildman–Crippen LogP) is 3.42. The van der Waals surface area contributed by atoms with Crippen LogP contribution in [0, 0.1) is 5.92 Å². The number of rotatable bonds is 4. The van der Waals surface area contributed by atoms with Gasteiger partial charge in [0.1, 0.15) is 11.5 Å². The van der Waals surface area contributed by atoms with Crippen molar-refractivity contribution in [3.8, 4) is 10.6 Å². The third-order valence-electron chi connectivity index (χ3n) is 3.34. The van der Waals surface area contributed by atoms with Crippen molar-refractivity contribution in [3.63, 3.8) is 0 Å². The third kappa shape index (κ3) is 2.34. The van der Waals surface area contributed by atoms with Crippen LogP contribution in [0.5, 0.6) is 0 Å². The number of thiophene rings is 1. The van der Waals surface area contributed by atoms with E-state index >= 15 is 0 Å². The minimum absolute atomic E-state index is 0.162. The van der Waals surface area contributed by atoms with Crippen LogP contribution in [0.1, 0.15) is 25.0 Å². The lowest BCUT2D eigenvalue weighted by atomic mass is 9.85. The molecule has 4 heteroatoms. The van der Waals surface area contributed by atoms with Gasteiger partial charge in [-0.3, -0.25) is 4.79 Å². The molecule has 2 aromatic heterocycles. The zero-order valence-corrected chi connectivity index (χ0v) is 10.8. The Bertz CT molecular complexity index is 526. The Morgan fingerprint density at radius 2 is 2.28 bits per heavy atom. The molecular weight excluding hydrogens is 246 g/mol. The van der Waals surface area contributed by atoms with Crippen molar-refractivity contribution in [1.82, 2.24) is 5.32 Å². The number of nitrogens with one attached hydrogen (secondary N) is 1. The van der Waals surface area contributed by atoms with Crippen LogP contribution in [0.4, 0.5) is 0 Å². The molecule has 0 saturated heterocycles. The van der Waals surface area contributed by atoms with E-state index in [9.17, 15) is 4.79 Å². The summed E-state index contributed by atoms with van der Waals surface area (Å²) in [5, 5.41) is 4.95. The largest absolute Gasteiger partial charge is 0.458 e. The van der Waals surface area contributed by atoms with Gasteiger partial charge in [-0.05, 0) is 36.4 Å². The number of hydrogen-bond donors (Lipinski definition) is 1. The number of carbonyl (C=O) groups excluding carboxylic acids is 1. The Hall–Kier alpha value is -1.55. The van der Waals surface area contributed by atoms with E-state index < -0.39 is 0 Å². The highest BCUT2D eigenvalue weighted by Crippen LogP contribution is 2.28. The fourth-order valence-electron chi connectivity index (χ4n) is 2.01. The van der Waals surface area contributed by atoms with Crippen LogP contribution in [-0.2, 0) is 11.3 Å². The van der Waals surface area contributed by atoms with Gasteiger partial charge in [0.15, 0.2) is 0 Å². The molecule has 2 aromatic rings. The molecule has 0 spiro atoms. The lowest BCUT2D eigenvalue weighted by Crippen LogP contribution is -2.33. The van der Waals surface area contributed by atoms with Crippen LogP contribution < -0.4 is 5.32 Å². The number of furan rings is 1. The van der Waals surface area contributed by atoms with Crippen LogP contribution in [-0.4, -0.2) is 5.91 Å². The summed E-state index contributed by atoms with van der Waals surface area (Å²) in [6, 6.07) is 7.91. The first kappa shape index (κ1) is 11.5. The van der Waals surface area contributed by atoms with Gasteiger partial charge in [-0.2, -0.15) is 0 Å². The molecule has 0 aliphatic heterocycles. The zero-order valence-electron chi connectivity index (χ0n) is 10.0. The van der Waals surface area contributed by atoms with Crippen molar-refractivity contribution >= 4 is 17.2 Å². The van der Waals surface area contributed by atoms with E-state index in [4.69, 9.17) is 4.42 Å². The van der Waals surface area contributed by atoms with Gasteiger partial charge in [-0.25, -0.2) is 0 Å². The summed E-state index contributed by atoms with van der Waals surface area (Å²) in [5.41, 5.74) is 0. The van der Waals surface area contributed by atoms with E-state index in [-0.39, 0.29) is 11.8 Å². The summed E-state index contributed by atoms with van der Waals surface area (Å²) in [7, 11) is 0. The maximum absolute atomic E-state index is 11.7. The van der Waals surface area contributed by atoms with Gasteiger partial charge in [-0.15, -0.1) is 11.3 Å². The van der Waals surface area contributed by atoms with Gasteiger partial charge in [-0.1, -0.05) is 12.5 Å². The SMILES string of the molecule is O=C(NCc1ccc(-c2cccs2)o1)C1CCC1.